The van der Waals surface area contributed by atoms with Crippen molar-refractivity contribution in [2.75, 3.05) is 36.5 Å². The molecule has 4 aromatic rings. The third-order valence-corrected chi connectivity index (χ3v) is 5.95. The van der Waals surface area contributed by atoms with E-state index in [-0.39, 0.29) is 0 Å². The zero-order chi connectivity index (χ0) is 21.4. The van der Waals surface area contributed by atoms with Gasteiger partial charge in [-0.05, 0) is 50.2 Å². The van der Waals surface area contributed by atoms with E-state index in [1.54, 1.807) is 13.4 Å². The number of anilines is 2. The maximum Gasteiger partial charge on any atom is 0.168 e. The molecule has 0 spiro atoms. The quantitative estimate of drug-likeness (QED) is 0.506. The molecule has 7 nitrogen and oxygen atoms in total. The van der Waals surface area contributed by atoms with Gasteiger partial charge in [0.05, 0.1) is 24.4 Å². The summed E-state index contributed by atoms with van der Waals surface area (Å²) in [5.74, 6) is 1.76. The van der Waals surface area contributed by atoms with Crippen molar-refractivity contribution in [1.29, 1.82) is 0 Å². The molecule has 1 saturated heterocycles. The second-order valence-electron chi connectivity index (χ2n) is 8.01. The molecule has 1 aliphatic rings. The lowest BCUT2D eigenvalue weighted by Crippen LogP contribution is -2.52. The van der Waals surface area contributed by atoms with Gasteiger partial charge < -0.3 is 14.5 Å². The Morgan fingerprint density at radius 2 is 1.68 bits per heavy atom. The van der Waals surface area contributed by atoms with Gasteiger partial charge >= 0.3 is 0 Å². The van der Waals surface area contributed by atoms with Crippen molar-refractivity contribution in [2.24, 2.45) is 0 Å². The molecule has 3 heterocycles. The summed E-state index contributed by atoms with van der Waals surface area (Å²) in [4.78, 5) is 14.0. The minimum atomic E-state index is 0.373. The molecule has 31 heavy (non-hydrogen) atoms. The van der Waals surface area contributed by atoms with Crippen molar-refractivity contribution in [2.45, 2.75) is 19.9 Å². The SMILES string of the molecule is COc1ccc(-n2ncc3c(N4CCN(c5ccc(C)cc5)[C@@H](C)C4)ncnc32)cc1. The summed E-state index contributed by atoms with van der Waals surface area (Å²) in [7, 11) is 1.66. The van der Waals surface area contributed by atoms with E-state index >= 15 is 0 Å². The van der Waals surface area contributed by atoms with Gasteiger partial charge in [-0.3, -0.25) is 0 Å². The average molecular weight is 415 g/mol. The van der Waals surface area contributed by atoms with E-state index in [1.807, 2.05) is 35.1 Å². The number of hydrogen-bond acceptors (Lipinski definition) is 6. The molecule has 0 N–H and O–H groups in total. The third-order valence-electron chi connectivity index (χ3n) is 5.95. The average Bonchev–Trinajstić information content (AvgIpc) is 3.24. The van der Waals surface area contributed by atoms with Gasteiger partial charge in [-0.15, -0.1) is 0 Å². The molecule has 0 radical (unpaired) electrons. The van der Waals surface area contributed by atoms with E-state index in [0.717, 1.165) is 47.9 Å². The maximum atomic E-state index is 5.26. The van der Waals surface area contributed by atoms with Gasteiger partial charge in [-0.2, -0.15) is 5.10 Å². The molecule has 5 rings (SSSR count). The summed E-state index contributed by atoms with van der Waals surface area (Å²) in [6.07, 6.45) is 3.50. The molecule has 1 fully saturated rings. The molecular formula is C24H26N6O. The number of aromatic nitrogens is 4. The molecule has 0 amide bonds. The van der Waals surface area contributed by atoms with Crippen LogP contribution in [0, 0.1) is 6.92 Å². The standard InChI is InChI=1S/C24H26N6O/c1-17-4-6-19(7-5-17)29-13-12-28(15-18(29)2)23-22-14-27-30(24(22)26-16-25-23)20-8-10-21(31-3)11-9-20/h4-11,14,16,18H,12-13,15H2,1-3H3/t18-/m0/s1. The van der Waals surface area contributed by atoms with Crippen molar-refractivity contribution >= 4 is 22.5 Å². The first-order valence-electron chi connectivity index (χ1n) is 10.6. The van der Waals surface area contributed by atoms with Crippen LogP contribution in [0.2, 0.25) is 0 Å². The van der Waals surface area contributed by atoms with Gasteiger partial charge in [0.25, 0.3) is 0 Å². The highest BCUT2D eigenvalue weighted by Crippen LogP contribution is 2.28. The fourth-order valence-electron chi connectivity index (χ4n) is 4.27. The summed E-state index contributed by atoms with van der Waals surface area (Å²) in [6, 6.07) is 17.0. The second-order valence-corrected chi connectivity index (χ2v) is 8.01. The number of piperazine rings is 1. The fraction of sp³-hybridized carbons (Fsp3) is 0.292. The van der Waals surface area contributed by atoms with Crippen molar-refractivity contribution in [1.82, 2.24) is 19.7 Å². The van der Waals surface area contributed by atoms with Crippen molar-refractivity contribution in [3.05, 3.63) is 66.6 Å². The summed E-state index contributed by atoms with van der Waals surface area (Å²) >= 11 is 0. The van der Waals surface area contributed by atoms with Crippen molar-refractivity contribution < 1.29 is 4.74 Å². The Labute approximate surface area is 181 Å². The van der Waals surface area contributed by atoms with E-state index in [9.17, 15) is 0 Å². The highest BCUT2D eigenvalue weighted by atomic mass is 16.5. The number of aryl methyl sites for hydroxylation is 1. The van der Waals surface area contributed by atoms with E-state index in [2.05, 4.69) is 63.0 Å². The number of hydrogen-bond donors (Lipinski definition) is 0. The second kappa shape index (κ2) is 7.91. The number of ether oxygens (including phenoxy) is 1. The van der Waals surface area contributed by atoms with Gasteiger partial charge in [-0.1, -0.05) is 17.7 Å². The molecule has 2 aromatic carbocycles. The highest BCUT2D eigenvalue weighted by Gasteiger charge is 2.26. The first kappa shape index (κ1) is 19.4. The predicted molar refractivity (Wildman–Crippen MR) is 123 cm³/mol. The lowest BCUT2D eigenvalue weighted by atomic mass is 10.1. The largest absolute Gasteiger partial charge is 0.497 e. The molecule has 1 aliphatic heterocycles. The van der Waals surface area contributed by atoms with Crippen LogP contribution in [0.15, 0.2) is 61.1 Å². The zero-order valence-corrected chi connectivity index (χ0v) is 18.1. The number of benzene rings is 2. The fourth-order valence-corrected chi connectivity index (χ4v) is 4.27. The van der Waals surface area contributed by atoms with Crippen LogP contribution in [-0.4, -0.2) is 52.5 Å². The Hall–Kier alpha value is -3.61. The Morgan fingerprint density at radius 3 is 2.39 bits per heavy atom. The van der Waals surface area contributed by atoms with Gasteiger partial charge in [-0.25, -0.2) is 14.6 Å². The van der Waals surface area contributed by atoms with Crippen molar-refractivity contribution in [3.8, 4) is 11.4 Å². The van der Waals surface area contributed by atoms with Crippen LogP contribution in [-0.2, 0) is 0 Å². The first-order chi connectivity index (χ1) is 15.1. The molecule has 0 saturated carbocycles. The summed E-state index contributed by atoms with van der Waals surface area (Å²) in [5.41, 5.74) is 4.31. The van der Waals surface area contributed by atoms with Gasteiger partial charge in [0, 0.05) is 31.4 Å². The van der Waals surface area contributed by atoms with Crippen LogP contribution in [0.1, 0.15) is 12.5 Å². The predicted octanol–water partition coefficient (Wildman–Crippen LogP) is 3.85. The third kappa shape index (κ3) is 3.56. The molecule has 158 valence electrons. The molecule has 0 aliphatic carbocycles. The number of rotatable bonds is 4. The topological polar surface area (TPSA) is 59.3 Å². The van der Waals surface area contributed by atoms with Crippen LogP contribution in [0.25, 0.3) is 16.7 Å². The number of methoxy groups -OCH3 is 1. The Bertz CT molecular complexity index is 1190. The van der Waals surface area contributed by atoms with E-state index in [1.165, 1.54) is 11.3 Å². The lowest BCUT2D eigenvalue weighted by molar-refractivity contribution is 0.414. The van der Waals surface area contributed by atoms with Crippen LogP contribution in [0.3, 0.4) is 0 Å². The lowest BCUT2D eigenvalue weighted by Gasteiger charge is -2.42. The first-order valence-corrected chi connectivity index (χ1v) is 10.6. The van der Waals surface area contributed by atoms with Gasteiger partial charge in [0.2, 0.25) is 0 Å². The minimum Gasteiger partial charge on any atom is -0.497 e. The van der Waals surface area contributed by atoms with E-state index < -0.39 is 0 Å². The monoisotopic (exact) mass is 414 g/mol. The normalized spacial score (nSPS) is 16.7. The van der Waals surface area contributed by atoms with Crippen LogP contribution in [0.5, 0.6) is 5.75 Å². The van der Waals surface area contributed by atoms with Crippen LogP contribution >= 0.6 is 0 Å². The molecular weight excluding hydrogens is 388 g/mol. The number of nitrogens with zero attached hydrogens (tertiary/aromatic N) is 6. The molecule has 1 atom stereocenters. The smallest absolute Gasteiger partial charge is 0.168 e. The number of fused-ring (bicyclic) bond motifs is 1. The molecule has 0 unspecified atom stereocenters. The Balaban J connectivity index is 1.42. The Kier molecular flexibility index (Phi) is 4.94. The van der Waals surface area contributed by atoms with E-state index in [0.29, 0.717) is 6.04 Å². The molecule has 0 bridgehead atoms. The van der Waals surface area contributed by atoms with Gasteiger partial charge in [0.1, 0.15) is 17.9 Å². The highest BCUT2D eigenvalue weighted by molar-refractivity contribution is 5.87. The molecule has 7 heteroatoms. The summed E-state index contributed by atoms with van der Waals surface area (Å²) < 4.78 is 7.12. The zero-order valence-electron chi connectivity index (χ0n) is 18.1. The Morgan fingerprint density at radius 1 is 0.935 bits per heavy atom. The summed E-state index contributed by atoms with van der Waals surface area (Å²) in [5, 5.41) is 5.57. The maximum absolute atomic E-state index is 5.26. The summed E-state index contributed by atoms with van der Waals surface area (Å²) in [6.45, 7) is 7.14. The van der Waals surface area contributed by atoms with Crippen LogP contribution in [0.4, 0.5) is 11.5 Å². The van der Waals surface area contributed by atoms with Crippen molar-refractivity contribution in [3.63, 3.8) is 0 Å². The molecule has 2 aromatic heterocycles. The minimum absolute atomic E-state index is 0.373. The van der Waals surface area contributed by atoms with Gasteiger partial charge in [0.15, 0.2) is 5.65 Å². The van der Waals surface area contributed by atoms with Crippen LogP contribution < -0.4 is 14.5 Å². The van der Waals surface area contributed by atoms with E-state index in [4.69, 9.17) is 4.74 Å².